The Morgan fingerprint density at radius 1 is 0.214 bits per heavy atom. The van der Waals surface area contributed by atoms with Crippen LogP contribution in [-0.4, -0.2) is 88.6 Å². The molecule has 0 saturated carbocycles. The van der Waals surface area contributed by atoms with E-state index in [9.17, 15) is 38.4 Å². The second kappa shape index (κ2) is 33.0. The Balaban J connectivity index is -0.000000229. The van der Waals surface area contributed by atoms with Crippen LogP contribution < -0.4 is 0 Å². The Hall–Kier alpha value is -4.24. The molecule has 0 heterocycles. The summed E-state index contributed by atoms with van der Waals surface area (Å²) in [5.74, 6) is -6.76. The SMILES string of the molecule is O=C(O)CCCCC(=O)O.O=C(O)CCCCC(=O)O.O=C(O)CCCCCC(=O)O.O=C(O)CCCCCC(=O)O. The van der Waals surface area contributed by atoms with Gasteiger partial charge < -0.3 is 40.9 Å². The number of carboxylic acids is 8. The molecule has 0 aromatic heterocycles. The average Bonchev–Trinajstić information content (AvgIpc) is 2.84. The van der Waals surface area contributed by atoms with E-state index in [1.807, 2.05) is 0 Å². The van der Waals surface area contributed by atoms with E-state index >= 15 is 0 Å². The lowest BCUT2D eigenvalue weighted by Crippen LogP contribution is -1.97. The van der Waals surface area contributed by atoms with E-state index in [0.717, 1.165) is 0 Å². The van der Waals surface area contributed by atoms with Crippen molar-refractivity contribution in [3.05, 3.63) is 0 Å². The molecule has 16 heteroatoms. The van der Waals surface area contributed by atoms with Crippen LogP contribution in [0.4, 0.5) is 0 Å². The standard InChI is InChI=1S/2C7H12O4.2C6H10O4/c2*8-6(9)4-2-1-3-5-7(10)11;2*7-5(8)3-1-2-4-6(9)10/h2*1-5H2,(H,8,9)(H,10,11);2*1-4H2,(H,7,8)(H,9,10). The third-order valence-corrected chi connectivity index (χ3v) is 4.63. The van der Waals surface area contributed by atoms with Gasteiger partial charge in [0.25, 0.3) is 0 Å². The van der Waals surface area contributed by atoms with E-state index in [2.05, 4.69) is 0 Å². The van der Waals surface area contributed by atoms with Crippen LogP contribution in [0, 0.1) is 0 Å². The van der Waals surface area contributed by atoms with Gasteiger partial charge in [0, 0.05) is 51.4 Å². The highest BCUT2D eigenvalue weighted by molar-refractivity contribution is 5.69. The topological polar surface area (TPSA) is 298 Å². The van der Waals surface area contributed by atoms with Crippen LogP contribution in [0.25, 0.3) is 0 Å². The van der Waals surface area contributed by atoms with Crippen molar-refractivity contribution in [2.24, 2.45) is 0 Å². The van der Waals surface area contributed by atoms with Crippen molar-refractivity contribution in [2.45, 2.75) is 116 Å². The van der Waals surface area contributed by atoms with Gasteiger partial charge in [-0.2, -0.15) is 0 Å². The zero-order valence-electron chi connectivity index (χ0n) is 23.6. The lowest BCUT2D eigenvalue weighted by Gasteiger charge is -1.94. The Bertz CT molecular complexity index is 676. The third kappa shape index (κ3) is 65.1. The van der Waals surface area contributed by atoms with E-state index in [1.165, 1.54) is 0 Å². The van der Waals surface area contributed by atoms with Crippen molar-refractivity contribution in [2.75, 3.05) is 0 Å². The maximum Gasteiger partial charge on any atom is 0.303 e. The number of aliphatic carboxylic acids is 8. The van der Waals surface area contributed by atoms with Crippen LogP contribution >= 0.6 is 0 Å². The summed E-state index contributed by atoms with van der Waals surface area (Å²) in [5.41, 5.74) is 0. The summed E-state index contributed by atoms with van der Waals surface area (Å²) < 4.78 is 0. The number of carbonyl (C=O) groups is 8. The molecule has 0 rings (SSSR count). The molecular formula is C26H44O16. The number of unbranched alkanes of at least 4 members (excludes halogenated alkanes) is 6. The van der Waals surface area contributed by atoms with Gasteiger partial charge in [0.15, 0.2) is 0 Å². The number of hydrogen-bond donors (Lipinski definition) is 8. The second-order valence-corrected chi connectivity index (χ2v) is 8.69. The molecular weight excluding hydrogens is 568 g/mol. The lowest BCUT2D eigenvalue weighted by molar-refractivity contribution is -0.139. The normalized spacial score (nSPS) is 9.33. The molecule has 0 aliphatic rings. The molecule has 0 radical (unpaired) electrons. The molecule has 0 bridgehead atoms. The van der Waals surface area contributed by atoms with E-state index < -0.39 is 47.8 Å². The summed E-state index contributed by atoms with van der Waals surface area (Å²) in [5, 5.41) is 65.3. The average molecular weight is 613 g/mol. The highest BCUT2D eigenvalue weighted by Gasteiger charge is 2.01. The lowest BCUT2D eigenvalue weighted by atomic mass is 10.1. The van der Waals surface area contributed by atoms with E-state index in [4.69, 9.17) is 40.9 Å². The minimum absolute atomic E-state index is 0.0628. The highest BCUT2D eigenvalue weighted by atomic mass is 16.4. The Morgan fingerprint density at radius 2 is 0.310 bits per heavy atom. The van der Waals surface area contributed by atoms with Crippen molar-refractivity contribution in [3.8, 4) is 0 Å². The van der Waals surface area contributed by atoms with Gasteiger partial charge in [-0.05, 0) is 51.4 Å². The molecule has 8 N–H and O–H groups in total. The number of carboxylic acid groups (broad SMARTS) is 8. The summed E-state index contributed by atoms with van der Waals surface area (Å²) in [6.07, 6.45) is 6.24. The molecule has 0 saturated heterocycles. The second-order valence-electron chi connectivity index (χ2n) is 8.69. The van der Waals surface area contributed by atoms with Gasteiger partial charge in [-0.3, -0.25) is 38.4 Å². The molecule has 0 amide bonds. The van der Waals surface area contributed by atoms with Crippen LogP contribution in [-0.2, 0) is 38.4 Å². The third-order valence-electron chi connectivity index (χ3n) is 4.63. The predicted octanol–water partition coefficient (Wildman–Crippen LogP) is 3.64. The molecule has 0 aliphatic carbocycles. The molecule has 0 spiro atoms. The number of rotatable bonds is 22. The monoisotopic (exact) mass is 612 g/mol. The van der Waals surface area contributed by atoms with Crippen molar-refractivity contribution >= 4 is 47.8 Å². The summed E-state index contributed by atoms with van der Waals surface area (Å²) in [6, 6.07) is 0. The molecule has 0 fully saturated rings. The largest absolute Gasteiger partial charge is 0.481 e. The number of hydrogen-bond acceptors (Lipinski definition) is 8. The van der Waals surface area contributed by atoms with Crippen molar-refractivity contribution in [3.63, 3.8) is 0 Å². The van der Waals surface area contributed by atoms with Gasteiger partial charge in [0.1, 0.15) is 0 Å². The van der Waals surface area contributed by atoms with Gasteiger partial charge in [0.05, 0.1) is 0 Å². The van der Waals surface area contributed by atoms with Gasteiger partial charge in [-0.25, -0.2) is 0 Å². The van der Waals surface area contributed by atoms with Crippen molar-refractivity contribution < 1.29 is 79.2 Å². The van der Waals surface area contributed by atoms with E-state index in [1.54, 1.807) is 0 Å². The molecule has 0 aliphatic heterocycles. The zero-order chi connectivity index (χ0) is 33.3. The molecule has 0 atom stereocenters. The minimum atomic E-state index is -0.870. The molecule has 0 unspecified atom stereocenters. The Morgan fingerprint density at radius 3 is 0.405 bits per heavy atom. The van der Waals surface area contributed by atoms with E-state index in [-0.39, 0.29) is 51.4 Å². The van der Waals surface area contributed by atoms with Crippen LogP contribution in [0.2, 0.25) is 0 Å². The minimum Gasteiger partial charge on any atom is -0.481 e. The van der Waals surface area contributed by atoms with Gasteiger partial charge in [0.2, 0.25) is 0 Å². The smallest absolute Gasteiger partial charge is 0.303 e. The Kier molecular flexibility index (Phi) is 35.1. The quantitative estimate of drug-likeness (QED) is 0.0809. The van der Waals surface area contributed by atoms with Crippen molar-refractivity contribution in [1.82, 2.24) is 0 Å². The first kappa shape index (κ1) is 44.8. The van der Waals surface area contributed by atoms with Crippen LogP contribution in [0.1, 0.15) is 116 Å². The van der Waals surface area contributed by atoms with Gasteiger partial charge >= 0.3 is 47.8 Å². The van der Waals surface area contributed by atoms with Crippen LogP contribution in [0.15, 0.2) is 0 Å². The van der Waals surface area contributed by atoms with Gasteiger partial charge in [-0.15, -0.1) is 0 Å². The summed E-state index contributed by atoms with van der Waals surface area (Å²) in [6.45, 7) is 0. The van der Waals surface area contributed by atoms with Crippen LogP contribution in [0.3, 0.4) is 0 Å². The Labute approximate surface area is 243 Å². The molecule has 16 nitrogen and oxygen atoms in total. The summed E-state index contributed by atoms with van der Waals surface area (Å²) in [7, 11) is 0. The van der Waals surface area contributed by atoms with E-state index in [0.29, 0.717) is 64.2 Å². The summed E-state index contributed by atoms with van der Waals surface area (Å²) >= 11 is 0. The maximum absolute atomic E-state index is 9.98. The molecule has 0 aromatic carbocycles. The first-order valence-corrected chi connectivity index (χ1v) is 13.3. The molecule has 42 heavy (non-hydrogen) atoms. The molecule has 244 valence electrons. The first-order chi connectivity index (χ1) is 19.5. The van der Waals surface area contributed by atoms with Gasteiger partial charge in [-0.1, -0.05) is 12.8 Å². The fourth-order valence-corrected chi connectivity index (χ4v) is 2.56. The fourth-order valence-electron chi connectivity index (χ4n) is 2.56. The van der Waals surface area contributed by atoms with Crippen molar-refractivity contribution in [1.29, 1.82) is 0 Å². The zero-order valence-corrected chi connectivity index (χ0v) is 23.6. The highest BCUT2D eigenvalue weighted by Crippen LogP contribution is 2.03. The predicted molar refractivity (Wildman–Crippen MR) is 144 cm³/mol. The molecule has 0 aromatic rings. The fraction of sp³-hybridized carbons (Fsp3) is 0.692. The maximum atomic E-state index is 9.98. The first-order valence-electron chi connectivity index (χ1n) is 13.3. The van der Waals surface area contributed by atoms with Crippen LogP contribution in [0.5, 0.6) is 0 Å². The summed E-state index contributed by atoms with van der Waals surface area (Å²) in [4.78, 5) is 79.5.